The first-order chi connectivity index (χ1) is 10.4. The summed E-state index contributed by atoms with van der Waals surface area (Å²) in [5.41, 5.74) is 1.69. The molecule has 1 heterocycles. The lowest BCUT2D eigenvalue weighted by molar-refractivity contribution is -0.926. The fraction of sp³-hybridized carbons (Fsp3) is 0.562. The fourth-order valence-electron chi connectivity index (χ4n) is 2.81. The van der Waals surface area contributed by atoms with Crippen LogP contribution in [-0.4, -0.2) is 29.0 Å². The summed E-state index contributed by atoms with van der Waals surface area (Å²) >= 11 is 18.4. The van der Waals surface area contributed by atoms with E-state index in [9.17, 15) is 4.79 Å². The van der Waals surface area contributed by atoms with Gasteiger partial charge in [0.2, 0.25) is 6.17 Å². The van der Waals surface area contributed by atoms with Gasteiger partial charge in [0, 0.05) is 5.56 Å². The van der Waals surface area contributed by atoms with E-state index in [1.54, 1.807) is 12.1 Å². The smallest absolute Gasteiger partial charge is 0.262 e. The van der Waals surface area contributed by atoms with Crippen LogP contribution in [0.15, 0.2) is 24.3 Å². The molecule has 2 N–H and O–H groups in total. The fourth-order valence-corrected chi connectivity index (χ4v) is 3.43. The second-order valence-corrected chi connectivity index (χ2v) is 8.26. The van der Waals surface area contributed by atoms with E-state index in [1.807, 2.05) is 19.1 Å². The Morgan fingerprint density at radius 1 is 1.09 bits per heavy atom. The summed E-state index contributed by atoms with van der Waals surface area (Å²) in [6.45, 7) is 3.80. The van der Waals surface area contributed by atoms with Crippen molar-refractivity contribution in [1.82, 2.24) is 5.32 Å². The molecule has 1 saturated heterocycles. The molecule has 0 radical (unpaired) electrons. The molecular weight excluding hydrogens is 343 g/mol. The molecule has 0 saturated carbocycles. The molecule has 22 heavy (non-hydrogen) atoms. The molecule has 1 amide bonds. The molecule has 0 aliphatic carbocycles. The summed E-state index contributed by atoms with van der Waals surface area (Å²) in [6, 6.07) is 7.38. The van der Waals surface area contributed by atoms with Crippen LogP contribution in [0.25, 0.3) is 0 Å². The van der Waals surface area contributed by atoms with Gasteiger partial charge in [-0.15, -0.1) is 0 Å². The number of nitrogens with one attached hydrogen (secondary N) is 2. The highest BCUT2D eigenvalue weighted by Crippen LogP contribution is 2.28. The molecule has 6 heteroatoms. The molecular formula is C16H22Cl3N2O+. The van der Waals surface area contributed by atoms with Gasteiger partial charge in [0.25, 0.3) is 9.70 Å². The Bertz CT molecular complexity index is 491. The van der Waals surface area contributed by atoms with Gasteiger partial charge >= 0.3 is 0 Å². The summed E-state index contributed by atoms with van der Waals surface area (Å²) in [5.74, 6) is -0.201. The highest BCUT2D eigenvalue weighted by Gasteiger charge is 2.42. The number of carbonyl (C=O) groups is 1. The second kappa shape index (κ2) is 7.87. The van der Waals surface area contributed by atoms with Gasteiger partial charge in [-0.3, -0.25) is 10.1 Å². The van der Waals surface area contributed by atoms with Gasteiger partial charge in [0.15, 0.2) is 0 Å². The first-order valence-electron chi connectivity index (χ1n) is 7.67. The molecule has 1 aliphatic heterocycles. The lowest BCUT2D eigenvalue weighted by Gasteiger charge is -2.32. The van der Waals surface area contributed by atoms with Gasteiger partial charge in [-0.05, 0) is 44.7 Å². The van der Waals surface area contributed by atoms with E-state index in [0.717, 1.165) is 36.4 Å². The molecule has 2 rings (SSSR count). The molecule has 0 spiro atoms. The first-order valence-corrected chi connectivity index (χ1v) is 8.80. The van der Waals surface area contributed by atoms with E-state index >= 15 is 0 Å². The van der Waals surface area contributed by atoms with Crippen LogP contribution in [-0.2, 0) is 0 Å². The van der Waals surface area contributed by atoms with E-state index in [-0.39, 0.29) is 5.91 Å². The summed E-state index contributed by atoms with van der Waals surface area (Å²) in [7, 11) is 0. The molecule has 0 aromatic heterocycles. The third kappa shape index (κ3) is 5.02. The summed E-state index contributed by atoms with van der Waals surface area (Å²) in [6.07, 6.45) is 4.04. The van der Waals surface area contributed by atoms with Crippen LogP contribution in [0.5, 0.6) is 0 Å². The number of halogens is 3. The van der Waals surface area contributed by atoms with Crippen molar-refractivity contribution < 1.29 is 9.69 Å². The maximum absolute atomic E-state index is 12.4. The number of alkyl halides is 3. The normalized spacial score (nSPS) is 18.5. The average molecular weight is 365 g/mol. The summed E-state index contributed by atoms with van der Waals surface area (Å²) in [4.78, 5) is 13.6. The number of benzene rings is 1. The van der Waals surface area contributed by atoms with E-state index in [4.69, 9.17) is 34.8 Å². The maximum Gasteiger partial charge on any atom is 0.262 e. The Morgan fingerprint density at radius 3 is 2.14 bits per heavy atom. The van der Waals surface area contributed by atoms with Crippen molar-refractivity contribution >= 4 is 40.7 Å². The molecule has 0 bridgehead atoms. The van der Waals surface area contributed by atoms with E-state index in [1.165, 1.54) is 12.8 Å². The van der Waals surface area contributed by atoms with Crippen molar-refractivity contribution in [2.75, 3.05) is 13.1 Å². The summed E-state index contributed by atoms with van der Waals surface area (Å²) in [5, 5.41) is 2.92. The zero-order valence-electron chi connectivity index (χ0n) is 12.7. The van der Waals surface area contributed by atoms with Gasteiger partial charge in [-0.1, -0.05) is 52.5 Å². The summed E-state index contributed by atoms with van der Waals surface area (Å²) < 4.78 is -1.53. The van der Waals surface area contributed by atoms with Crippen molar-refractivity contribution in [1.29, 1.82) is 0 Å². The van der Waals surface area contributed by atoms with Gasteiger partial charge in [-0.2, -0.15) is 0 Å². The van der Waals surface area contributed by atoms with E-state index in [2.05, 4.69) is 5.32 Å². The largest absolute Gasteiger partial charge is 0.312 e. The van der Waals surface area contributed by atoms with Gasteiger partial charge in [0.05, 0.1) is 13.1 Å². The second-order valence-electron chi connectivity index (χ2n) is 5.89. The predicted molar refractivity (Wildman–Crippen MR) is 91.9 cm³/mol. The Balaban J connectivity index is 2.12. The van der Waals surface area contributed by atoms with Crippen molar-refractivity contribution in [3.05, 3.63) is 35.4 Å². The minimum atomic E-state index is -1.53. The monoisotopic (exact) mass is 363 g/mol. The average Bonchev–Trinajstić information content (AvgIpc) is 2.73. The molecule has 3 nitrogen and oxygen atoms in total. The number of rotatable bonds is 3. The molecule has 1 aromatic rings. The molecule has 1 atom stereocenters. The standard InChI is InChI=1S/C16H21Cl3N2O/c1-12-6-8-13(9-7-12)14(22)20-15(16(17,18)19)21-10-4-2-3-5-11-21/h6-9,15H,2-5,10-11H2,1H3,(H,20,22)/p+1/t15-/m1/s1. The Morgan fingerprint density at radius 2 is 1.64 bits per heavy atom. The third-order valence-electron chi connectivity index (χ3n) is 4.07. The molecule has 1 aliphatic rings. The van der Waals surface area contributed by atoms with Crippen molar-refractivity contribution in [2.45, 2.75) is 42.6 Å². The minimum Gasteiger partial charge on any atom is -0.312 e. The van der Waals surface area contributed by atoms with Crippen LogP contribution >= 0.6 is 34.8 Å². The highest BCUT2D eigenvalue weighted by molar-refractivity contribution is 6.68. The number of amides is 1. The molecule has 1 aromatic carbocycles. The maximum atomic E-state index is 12.4. The quantitative estimate of drug-likeness (QED) is 0.795. The number of carbonyl (C=O) groups excluding carboxylic acids is 1. The van der Waals surface area contributed by atoms with Gasteiger partial charge < -0.3 is 4.90 Å². The van der Waals surface area contributed by atoms with E-state index in [0.29, 0.717) is 5.56 Å². The number of hydrogen-bond donors (Lipinski definition) is 2. The number of hydrogen-bond acceptors (Lipinski definition) is 1. The zero-order chi connectivity index (χ0) is 16.2. The number of aryl methyl sites for hydroxylation is 1. The topological polar surface area (TPSA) is 33.5 Å². The molecule has 122 valence electrons. The lowest BCUT2D eigenvalue weighted by atomic mass is 10.1. The van der Waals surface area contributed by atoms with Crippen molar-refractivity contribution in [2.24, 2.45) is 0 Å². The SMILES string of the molecule is Cc1ccc(C(=O)N[C@H]([NH+]2CCCCCC2)C(Cl)(Cl)Cl)cc1. The van der Waals surface area contributed by atoms with Crippen LogP contribution in [0.3, 0.4) is 0 Å². The lowest BCUT2D eigenvalue weighted by Crippen LogP contribution is -3.19. The van der Waals surface area contributed by atoms with Crippen LogP contribution in [0.1, 0.15) is 41.6 Å². The van der Waals surface area contributed by atoms with Crippen LogP contribution < -0.4 is 10.2 Å². The van der Waals surface area contributed by atoms with Crippen LogP contribution in [0, 0.1) is 6.92 Å². The van der Waals surface area contributed by atoms with Crippen molar-refractivity contribution in [3.8, 4) is 0 Å². The Kier molecular flexibility index (Phi) is 6.39. The van der Waals surface area contributed by atoms with E-state index < -0.39 is 9.96 Å². The number of likely N-dealkylation sites (tertiary alicyclic amines) is 1. The Labute approximate surface area is 146 Å². The third-order valence-corrected chi connectivity index (χ3v) is 4.73. The predicted octanol–water partition coefficient (Wildman–Crippen LogP) is 2.88. The van der Waals surface area contributed by atoms with Gasteiger partial charge in [0.1, 0.15) is 0 Å². The Hall–Kier alpha value is -0.480. The molecule has 0 unspecified atom stereocenters. The minimum absolute atomic E-state index is 0.201. The highest BCUT2D eigenvalue weighted by atomic mass is 35.6. The van der Waals surface area contributed by atoms with Crippen LogP contribution in [0.4, 0.5) is 0 Å². The zero-order valence-corrected chi connectivity index (χ0v) is 14.9. The number of quaternary nitrogens is 1. The molecule has 1 fully saturated rings. The van der Waals surface area contributed by atoms with Crippen molar-refractivity contribution in [3.63, 3.8) is 0 Å². The van der Waals surface area contributed by atoms with Crippen LogP contribution in [0.2, 0.25) is 0 Å². The first kappa shape index (κ1) is 17.9. The van der Waals surface area contributed by atoms with Gasteiger partial charge in [-0.25, -0.2) is 0 Å².